The van der Waals surface area contributed by atoms with E-state index in [4.69, 9.17) is 4.74 Å². The molecule has 1 atom stereocenters. The second-order valence-electron chi connectivity index (χ2n) is 5.94. The lowest BCUT2D eigenvalue weighted by Crippen LogP contribution is -2.52. The SMILES string of the molecule is O=C(NCCOc1ccccc1)[C@@H]1CCCCN1C(=O)c1cccs1. The van der Waals surface area contributed by atoms with Crippen molar-refractivity contribution in [1.29, 1.82) is 0 Å². The van der Waals surface area contributed by atoms with E-state index in [9.17, 15) is 9.59 Å². The van der Waals surface area contributed by atoms with Crippen molar-refractivity contribution in [2.75, 3.05) is 19.7 Å². The summed E-state index contributed by atoms with van der Waals surface area (Å²) in [6.07, 6.45) is 2.62. The molecular weight excluding hydrogens is 336 g/mol. The van der Waals surface area contributed by atoms with Gasteiger partial charge in [0.2, 0.25) is 5.91 Å². The zero-order valence-corrected chi connectivity index (χ0v) is 14.8. The van der Waals surface area contributed by atoms with E-state index in [1.807, 2.05) is 47.8 Å². The van der Waals surface area contributed by atoms with Crippen LogP contribution in [0.2, 0.25) is 0 Å². The fourth-order valence-corrected chi connectivity index (χ4v) is 3.65. The molecule has 1 aliphatic rings. The van der Waals surface area contributed by atoms with E-state index in [-0.39, 0.29) is 17.9 Å². The monoisotopic (exact) mass is 358 g/mol. The first-order chi connectivity index (χ1) is 12.3. The summed E-state index contributed by atoms with van der Waals surface area (Å²) < 4.78 is 5.58. The van der Waals surface area contributed by atoms with Crippen LogP contribution in [0.5, 0.6) is 5.75 Å². The lowest BCUT2D eigenvalue weighted by Gasteiger charge is -2.34. The number of nitrogens with one attached hydrogen (secondary N) is 1. The summed E-state index contributed by atoms with van der Waals surface area (Å²) in [4.78, 5) is 27.6. The minimum absolute atomic E-state index is 0.0459. The number of thiophene rings is 1. The second kappa shape index (κ2) is 8.67. The average Bonchev–Trinajstić information content (AvgIpc) is 3.20. The molecule has 3 rings (SSSR count). The summed E-state index contributed by atoms with van der Waals surface area (Å²) in [5, 5.41) is 4.78. The largest absolute Gasteiger partial charge is 0.492 e. The molecule has 6 heteroatoms. The van der Waals surface area contributed by atoms with Crippen molar-refractivity contribution < 1.29 is 14.3 Å². The molecule has 1 saturated heterocycles. The van der Waals surface area contributed by atoms with E-state index in [2.05, 4.69) is 5.32 Å². The predicted molar refractivity (Wildman–Crippen MR) is 97.9 cm³/mol. The number of carbonyl (C=O) groups is 2. The van der Waals surface area contributed by atoms with Gasteiger partial charge in [-0.3, -0.25) is 9.59 Å². The summed E-state index contributed by atoms with van der Waals surface area (Å²) in [7, 11) is 0. The summed E-state index contributed by atoms with van der Waals surface area (Å²) in [6, 6.07) is 12.8. The van der Waals surface area contributed by atoms with Gasteiger partial charge in [0.15, 0.2) is 0 Å². The topological polar surface area (TPSA) is 58.6 Å². The number of piperidine rings is 1. The first kappa shape index (κ1) is 17.5. The Morgan fingerprint density at radius 3 is 2.76 bits per heavy atom. The van der Waals surface area contributed by atoms with Gasteiger partial charge in [0, 0.05) is 6.54 Å². The van der Waals surface area contributed by atoms with Crippen LogP contribution in [0.3, 0.4) is 0 Å². The molecule has 2 amide bonds. The van der Waals surface area contributed by atoms with E-state index in [0.29, 0.717) is 31.0 Å². The fraction of sp³-hybridized carbons (Fsp3) is 0.368. The van der Waals surface area contributed by atoms with Gasteiger partial charge in [0.05, 0.1) is 11.4 Å². The molecule has 0 spiro atoms. The number of amides is 2. The van der Waals surface area contributed by atoms with Crippen LogP contribution in [-0.2, 0) is 4.79 Å². The van der Waals surface area contributed by atoms with Crippen molar-refractivity contribution in [3.8, 4) is 5.75 Å². The highest BCUT2D eigenvalue weighted by Gasteiger charge is 2.32. The molecule has 0 aliphatic carbocycles. The van der Waals surface area contributed by atoms with E-state index in [1.54, 1.807) is 4.90 Å². The highest BCUT2D eigenvalue weighted by Crippen LogP contribution is 2.21. The number of rotatable bonds is 6. The van der Waals surface area contributed by atoms with Crippen LogP contribution in [0.25, 0.3) is 0 Å². The van der Waals surface area contributed by atoms with Crippen LogP contribution in [0, 0.1) is 0 Å². The molecule has 0 bridgehead atoms. The highest BCUT2D eigenvalue weighted by molar-refractivity contribution is 7.12. The number of carbonyl (C=O) groups excluding carboxylic acids is 2. The van der Waals surface area contributed by atoms with E-state index < -0.39 is 0 Å². The number of benzene rings is 1. The van der Waals surface area contributed by atoms with Crippen LogP contribution < -0.4 is 10.1 Å². The van der Waals surface area contributed by atoms with Crippen molar-refractivity contribution in [1.82, 2.24) is 10.2 Å². The number of hydrogen-bond donors (Lipinski definition) is 1. The first-order valence-electron chi connectivity index (χ1n) is 8.56. The Hall–Kier alpha value is -2.34. The first-order valence-corrected chi connectivity index (χ1v) is 9.44. The van der Waals surface area contributed by atoms with Gasteiger partial charge in [-0.05, 0) is 42.8 Å². The molecule has 1 aliphatic heterocycles. The van der Waals surface area contributed by atoms with Gasteiger partial charge in [-0.15, -0.1) is 11.3 Å². The lowest BCUT2D eigenvalue weighted by atomic mass is 10.0. The van der Waals surface area contributed by atoms with Gasteiger partial charge in [-0.2, -0.15) is 0 Å². The summed E-state index contributed by atoms with van der Waals surface area (Å²) >= 11 is 1.41. The summed E-state index contributed by atoms with van der Waals surface area (Å²) in [5.74, 6) is 0.639. The maximum Gasteiger partial charge on any atom is 0.264 e. The molecule has 1 N–H and O–H groups in total. The molecule has 1 aromatic carbocycles. The molecule has 132 valence electrons. The number of likely N-dealkylation sites (tertiary alicyclic amines) is 1. The van der Waals surface area contributed by atoms with Gasteiger partial charge in [0.25, 0.3) is 5.91 Å². The number of hydrogen-bond acceptors (Lipinski definition) is 4. The van der Waals surface area contributed by atoms with Crippen LogP contribution in [-0.4, -0.2) is 42.5 Å². The highest BCUT2D eigenvalue weighted by atomic mass is 32.1. The average molecular weight is 358 g/mol. The quantitative estimate of drug-likeness (QED) is 0.808. The summed E-state index contributed by atoms with van der Waals surface area (Å²) in [5.41, 5.74) is 0. The van der Waals surface area contributed by atoms with Crippen molar-refractivity contribution >= 4 is 23.2 Å². The number of para-hydroxylation sites is 1. The molecule has 1 aromatic heterocycles. The molecule has 25 heavy (non-hydrogen) atoms. The third kappa shape index (κ3) is 4.60. The number of nitrogens with zero attached hydrogens (tertiary/aromatic N) is 1. The Balaban J connectivity index is 1.51. The Kier molecular flexibility index (Phi) is 6.06. The van der Waals surface area contributed by atoms with E-state index in [1.165, 1.54) is 11.3 Å². The molecule has 0 saturated carbocycles. The zero-order valence-electron chi connectivity index (χ0n) is 14.0. The van der Waals surface area contributed by atoms with Crippen LogP contribution in [0.1, 0.15) is 28.9 Å². The Morgan fingerprint density at radius 2 is 2.00 bits per heavy atom. The number of ether oxygens (including phenoxy) is 1. The maximum atomic E-state index is 12.6. The maximum absolute atomic E-state index is 12.6. The molecule has 5 nitrogen and oxygen atoms in total. The van der Waals surface area contributed by atoms with E-state index in [0.717, 1.165) is 18.6 Å². The molecule has 2 heterocycles. The van der Waals surface area contributed by atoms with Crippen molar-refractivity contribution in [2.24, 2.45) is 0 Å². The smallest absolute Gasteiger partial charge is 0.264 e. The zero-order chi connectivity index (χ0) is 17.5. The molecular formula is C19H22N2O3S. The molecule has 0 radical (unpaired) electrons. The third-order valence-electron chi connectivity index (χ3n) is 4.21. The second-order valence-corrected chi connectivity index (χ2v) is 6.89. The minimum Gasteiger partial charge on any atom is -0.492 e. The summed E-state index contributed by atoms with van der Waals surface area (Å²) in [6.45, 7) is 1.46. The van der Waals surface area contributed by atoms with Crippen molar-refractivity contribution in [2.45, 2.75) is 25.3 Å². The van der Waals surface area contributed by atoms with Gasteiger partial charge >= 0.3 is 0 Å². The van der Waals surface area contributed by atoms with Crippen LogP contribution >= 0.6 is 11.3 Å². The van der Waals surface area contributed by atoms with Crippen molar-refractivity contribution in [3.05, 3.63) is 52.7 Å². The van der Waals surface area contributed by atoms with Crippen LogP contribution in [0.15, 0.2) is 47.8 Å². The third-order valence-corrected chi connectivity index (χ3v) is 5.07. The van der Waals surface area contributed by atoms with E-state index >= 15 is 0 Å². The van der Waals surface area contributed by atoms with Gasteiger partial charge in [0.1, 0.15) is 18.4 Å². The van der Waals surface area contributed by atoms with Gasteiger partial charge < -0.3 is 15.0 Å². The minimum atomic E-state index is -0.389. The standard InChI is InChI=1S/C19H22N2O3S/c22-18(20-11-13-24-15-7-2-1-3-8-15)16-9-4-5-12-21(16)19(23)17-10-6-14-25-17/h1-3,6-8,10,14,16H,4-5,9,11-13H2,(H,20,22)/t16-/m0/s1. The van der Waals surface area contributed by atoms with Crippen LogP contribution in [0.4, 0.5) is 0 Å². The predicted octanol–water partition coefficient (Wildman–Crippen LogP) is 2.94. The molecule has 0 unspecified atom stereocenters. The molecule has 1 fully saturated rings. The van der Waals surface area contributed by atoms with Gasteiger partial charge in [-0.25, -0.2) is 0 Å². The normalized spacial score (nSPS) is 17.1. The Morgan fingerprint density at radius 1 is 1.16 bits per heavy atom. The Labute approximate surface area is 151 Å². The van der Waals surface area contributed by atoms with Crippen molar-refractivity contribution in [3.63, 3.8) is 0 Å². The van der Waals surface area contributed by atoms with Gasteiger partial charge in [-0.1, -0.05) is 24.3 Å². The fourth-order valence-electron chi connectivity index (χ4n) is 2.97. The lowest BCUT2D eigenvalue weighted by molar-refractivity contribution is -0.126. The molecule has 2 aromatic rings. The Bertz CT molecular complexity index is 688.